The highest BCUT2D eigenvalue weighted by molar-refractivity contribution is 7.89. The van der Waals surface area contributed by atoms with Crippen molar-refractivity contribution in [1.29, 1.82) is 0 Å². The molecule has 5 rings (SSSR count). The Labute approximate surface area is 211 Å². The number of anilines is 1. The quantitative estimate of drug-likeness (QED) is 0.544. The predicted molar refractivity (Wildman–Crippen MR) is 140 cm³/mol. The highest BCUT2D eigenvalue weighted by atomic mass is 32.2. The summed E-state index contributed by atoms with van der Waals surface area (Å²) in [6, 6.07) is 9.97. The van der Waals surface area contributed by atoms with E-state index in [0.29, 0.717) is 30.8 Å². The summed E-state index contributed by atoms with van der Waals surface area (Å²) in [4.78, 5) is 18.2. The molecule has 1 aliphatic heterocycles. The summed E-state index contributed by atoms with van der Waals surface area (Å²) in [7, 11) is -2.11. The van der Waals surface area contributed by atoms with Gasteiger partial charge in [0.1, 0.15) is 12.4 Å². The molecule has 1 fully saturated rings. The van der Waals surface area contributed by atoms with E-state index in [-0.39, 0.29) is 17.0 Å². The third kappa shape index (κ3) is 4.40. The number of hydrogen-bond acceptors (Lipinski definition) is 6. The van der Waals surface area contributed by atoms with Crippen LogP contribution < -0.4 is 15.2 Å². The molecule has 0 saturated heterocycles. The number of rotatable bonds is 5. The number of fused-ring (bicyclic) bond motifs is 2. The number of aromatic amines is 1. The van der Waals surface area contributed by atoms with Crippen molar-refractivity contribution in [1.82, 2.24) is 9.29 Å². The fourth-order valence-corrected chi connectivity index (χ4v) is 6.98. The van der Waals surface area contributed by atoms with E-state index in [2.05, 4.69) is 4.98 Å². The van der Waals surface area contributed by atoms with Gasteiger partial charge in [-0.15, -0.1) is 0 Å². The highest BCUT2D eigenvalue weighted by Gasteiger charge is 2.38. The molecule has 2 heterocycles. The molecule has 2 atom stereocenters. The molecule has 8 nitrogen and oxygen atoms in total. The van der Waals surface area contributed by atoms with Gasteiger partial charge in [-0.1, -0.05) is 25.0 Å². The van der Waals surface area contributed by atoms with Crippen LogP contribution in [0.5, 0.6) is 5.75 Å². The van der Waals surface area contributed by atoms with Gasteiger partial charge in [-0.2, -0.15) is 4.31 Å². The van der Waals surface area contributed by atoms with E-state index >= 15 is 0 Å². The molecule has 1 saturated carbocycles. The molecule has 0 spiro atoms. The molecule has 0 bridgehead atoms. The van der Waals surface area contributed by atoms with Crippen molar-refractivity contribution in [2.24, 2.45) is 0 Å². The van der Waals surface area contributed by atoms with Crippen LogP contribution in [0.15, 0.2) is 46.1 Å². The van der Waals surface area contributed by atoms with Gasteiger partial charge in [0, 0.05) is 25.2 Å². The number of likely N-dealkylation sites (N-methyl/N-ethyl adjacent to an activating group) is 1. The van der Waals surface area contributed by atoms with Crippen molar-refractivity contribution < 1.29 is 18.3 Å². The van der Waals surface area contributed by atoms with Gasteiger partial charge >= 0.3 is 0 Å². The van der Waals surface area contributed by atoms with Crippen molar-refractivity contribution >= 4 is 26.6 Å². The number of nitrogens with zero attached hydrogens (tertiary/aromatic N) is 2. The lowest BCUT2D eigenvalue weighted by molar-refractivity contribution is 0.0532. The van der Waals surface area contributed by atoms with Crippen LogP contribution in [-0.4, -0.2) is 55.2 Å². The van der Waals surface area contributed by atoms with Crippen LogP contribution >= 0.6 is 0 Å². The van der Waals surface area contributed by atoms with Crippen LogP contribution in [0.1, 0.15) is 42.4 Å². The fraction of sp³-hybridized carbons (Fsp3) is 0.444. The molecular formula is C27H33N3O5S. The molecule has 9 heteroatoms. The molecule has 2 aliphatic rings. The van der Waals surface area contributed by atoms with Crippen LogP contribution in [-0.2, 0) is 16.6 Å². The molecule has 1 aromatic heterocycles. The molecule has 2 N–H and O–H groups in total. The van der Waals surface area contributed by atoms with Crippen molar-refractivity contribution in [2.45, 2.75) is 63.1 Å². The molecular weight excluding hydrogens is 478 g/mol. The Kier molecular flexibility index (Phi) is 6.57. The maximum Gasteiger partial charge on any atom is 0.252 e. The Morgan fingerprint density at radius 3 is 2.69 bits per heavy atom. The zero-order chi connectivity index (χ0) is 25.6. The number of aliphatic hydroxyl groups excluding tert-OH is 1. The number of nitrogens with one attached hydrogen (secondary N) is 1. The maximum atomic E-state index is 14.1. The number of pyridine rings is 1. The lowest BCUT2D eigenvalue weighted by Gasteiger charge is -2.37. The van der Waals surface area contributed by atoms with Crippen LogP contribution in [0.25, 0.3) is 10.9 Å². The second-order valence-corrected chi connectivity index (χ2v) is 11.9. The van der Waals surface area contributed by atoms with Crippen LogP contribution in [0.4, 0.5) is 5.69 Å². The van der Waals surface area contributed by atoms with Crippen LogP contribution in [0.2, 0.25) is 0 Å². The van der Waals surface area contributed by atoms with E-state index < -0.39 is 22.2 Å². The molecule has 1 aliphatic carbocycles. The van der Waals surface area contributed by atoms with E-state index in [1.54, 1.807) is 24.3 Å². The Hall–Kier alpha value is -2.88. The summed E-state index contributed by atoms with van der Waals surface area (Å²) >= 11 is 0. The van der Waals surface area contributed by atoms with E-state index in [4.69, 9.17) is 4.74 Å². The van der Waals surface area contributed by atoms with E-state index in [0.717, 1.165) is 47.1 Å². The number of hydrogen-bond donors (Lipinski definition) is 2. The van der Waals surface area contributed by atoms with Gasteiger partial charge in [0.05, 0.1) is 34.8 Å². The topological polar surface area (TPSA) is 103 Å². The fourth-order valence-electron chi connectivity index (χ4n) is 5.30. The first-order valence-corrected chi connectivity index (χ1v) is 13.9. The minimum atomic E-state index is -4.05. The predicted octanol–water partition coefficient (Wildman–Crippen LogP) is 3.47. The summed E-state index contributed by atoms with van der Waals surface area (Å²) in [6.07, 6.45) is 1.94. The van der Waals surface area contributed by atoms with Crippen molar-refractivity contribution in [3.05, 3.63) is 63.4 Å². The third-order valence-corrected chi connectivity index (χ3v) is 9.52. The number of benzene rings is 2. The summed E-state index contributed by atoms with van der Waals surface area (Å²) in [5.74, 6) is 0.517. The lowest BCUT2D eigenvalue weighted by Crippen LogP contribution is -2.48. The zero-order valence-corrected chi connectivity index (χ0v) is 21.8. The Morgan fingerprint density at radius 2 is 1.92 bits per heavy atom. The van der Waals surface area contributed by atoms with Gasteiger partial charge in [-0.05, 0) is 61.4 Å². The number of aromatic nitrogens is 1. The normalized spacial score (nSPS) is 20.4. The SMILES string of the molecule is Cc1ccc2cc(CN([C@H]3CCCC[C@@H]3O)S(=O)(=O)c3ccc4c(c3)OCCN4C)c(=O)[nH]c2c1C. The summed E-state index contributed by atoms with van der Waals surface area (Å²) in [6.45, 7) is 5.02. The number of H-pyrrole nitrogens is 1. The summed E-state index contributed by atoms with van der Waals surface area (Å²) in [5.41, 5.74) is 3.68. The average molecular weight is 512 g/mol. The molecule has 0 unspecified atom stereocenters. The molecule has 0 amide bonds. The van der Waals surface area contributed by atoms with Crippen molar-refractivity contribution in [3.8, 4) is 5.75 Å². The smallest absolute Gasteiger partial charge is 0.252 e. The molecule has 36 heavy (non-hydrogen) atoms. The Balaban J connectivity index is 1.59. The van der Waals surface area contributed by atoms with E-state index in [9.17, 15) is 18.3 Å². The lowest BCUT2D eigenvalue weighted by atomic mass is 9.92. The zero-order valence-electron chi connectivity index (χ0n) is 21.0. The van der Waals surface area contributed by atoms with Crippen molar-refractivity contribution in [3.63, 3.8) is 0 Å². The van der Waals surface area contributed by atoms with Gasteiger partial charge in [0.15, 0.2) is 0 Å². The number of aryl methyl sites for hydroxylation is 2. The minimum absolute atomic E-state index is 0.0954. The molecule has 2 aromatic carbocycles. The first-order valence-electron chi connectivity index (χ1n) is 12.5. The second-order valence-electron chi connectivity index (χ2n) is 9.96. The number of aliphatic hydroxyl groups is 1. The third-order valence-electron chi connectivity index (χ3n) is 7.65. The van der Waals surface area contributed by atoms with Crippen LogP contribution in [0.3, 0.4) is 0 Å². The van der Waals surface area contributed by atoms with Gasteiger partial charge in [-0.25, -0.2) is 8.42 Å². The van der Waals surface area contributed by atoms with Gasteiger partial charge < -0.3 is 19.7 Å². The largest absolute Gasteiger partial charge is 0.490 e. The maximum absolute atomic E-state index is 14.1. The molecule has 0 radical (unpaired) electrons. The van der Waals surface area contributed by atoms with Gasteiger partial charge in [0.25, 0.3) is 5.56 Å². The molecule has 3 aromatic rings. The standard InChI is InChI=1S/C27H33N3O5S/c1-17-8-9-19-14-20(27(32)28-26(19)18(17)2)16-30(22-6-4-5-7-24(22)31)36(33,34)21-10-11-23-25(15-21)35-13-12-29(23)3/h8-11,14-15,22,24,31H,4-7,12-13,16H2,1-3H3,(H,28,32)/t22-,24-/m0/s1. The van der Waals surface area contributed by atoms with E-state index in [1.807, 2.05) is 37.9 Å². The molecule has 192 valence electrons. The van der Waals surface area contributed by atoms with Crippen LogP contribution in [0, 0.1) is 13.8 Å². The Bertz CT molecular complexity index is 1470. The van der Waals surface area contributed by atoms with Gasteiger partial charge in [-0.3, -0.25) is 4.79 Å². The first-order chi connectivity index (χ1) is 17.2. The van der Waals surface area contributed by atoms with E-state index in [1.165, 1.54) is 4.31 Å². The Morgan fingerprint density at radius 1 is 1.14 bits per heavy atom. The summed E-state index contributed by atoms with van der Waals surface area (Å²) in [5, 5.41) is 11.7. The average Bonchev–Trinajstić information content (AvgIpc) is 2.86. The minimum Gasteiger partial charge on any atom is -0.490 e. The second kappa shape index (κ2) is 9.53. The first kappa shape index (κ1) is 24.8. The number of sulfonamides is 1. The van der Waals surface area contributed by atoms with Gasteiger partial charge in [0.2, 0.25) is 10.0 Å². The monoisotopic (exact) mass is 511 g/mol. The number of ether oxygens (including phenoxy) is 1. The van der Waals surface area contributed by atoms with Crippen molar-refractivity contribution in [2.75, 3.05) is 25.1 Å². The summed E-state index contributed by atoms with van der Waals surface area (Å²) < 4.78 is 35.2. The highest BCUT2D eigenvalue weighted by Crippen LogP contribution is 2.36.